The van der Waals surface area contributed by atoms with E-state index in [0.29, 0.717) is 37.5 Å². The molecule has 6 heteroatoms. The first-order chi connectivity index (χ1) is 11.7. The van der Waals surface area contributed by atoms with E-state index in [9.17, 15) is 4.79 Å². The van der Waals surface area contributed by atoms with E-state index >= 15 is 0 Å². The second kappa shape index (κ2) is 6.05. The normalized spacial score (nSPS) is 15.0. The van der Waals surface area contributed by atoms with Crippen molar-refractivity contribution in [1.82, 2.24) is 20.1 Å². The van der Waals surface area contributed by atoms with Crippen molar-refractivity contribution >= 4 is 16.9 Å². The van der Waals surface area contributed by atoms with Crippen LogP contribution in [0.2, 0.25) is 0 Å². The van der Waals surface area contributed by atoms with Gasteiger partial charge in [-0.3, -0.25) is 9.89 Å². The van der Waals surface area contributed by atoms with Crippen molar-refractivity contribution < 1.29 is 9.53 Å². The number of amides is 1. The summed E-state index contributed by atoms with van der Waals surface area (Å²) in [6.07, 6.45) is 1.79. The van der Waals surface area contributed by atoms with Crippen LogP contribution in [0, 0.1) is 6.92 Å². The molecule has 1 N–H and O–H groups in total. The number of carbonyl (C=O) groups is 1. The Hall–Kier alpha value is -2.73. The van der Waals surface area contributed by atoms with Crippen LogP contribution in [0.15, 0.2) is 36.5 Å². The lowest BCUT2D eigenvalue weighted by atomic mass is 10.0. The van der Waals surface area contributed by atoms with Crippen LogP contribution in [0.4, 0.5) is 0 Å². The average Bonchev–Trinajstić information content (AvgIpc) is 3.02. The maximum Gasteiger partial charge on any atom is 0.254 e. The molecule has 0 atom stereocenters. The highest BCUT2D eigenvalue weighted by atomic mass is 16.5. The standard InChI is InChI=1S/C18H18N4O2/c1-12-16-10-15(11-19-17(16)21-20-12)13-3-2-4-14(9-13)18(23)22-5-7-24-8-6-22/h2-4,9-11H,5-8H2,1H3,(H,19,20,21). The summed E-state index contributed by atoms with van der Waals surface area (Å²) in [5.74, 6) is 0.0497. The fourth-order valence-corrected chi connectivity index (χ4v) is 2.96. The van der Waals surface area contributed by atoms with Crippen LogP contribution >= 0.6 is 0 Å². The van der Waals surface area contributed by atoms with Crippen molar-refractivity contribution in [3.63, 3.8) is 0 Å². The van der Waals surface area contributed by atoms with Gasteiger partial charge in [-0.25, -0.2) is 4.98 Å². The SMILES string of the molecule is Cc1[nH]nc2ncc(-c3cccc(C(=O)N4CCOCC4)c3)cc12. The minimum absolute atomic E-state index is 0.0497. The van der Waals surface area contributed by atoms with Gasteiger partial charge in [0.25, 0.3) is 5.91 Å². The first kappa shape index (κ1) is 14.8. The summed E-state index contributed by atoms with van der Waals surface area (Å²) in [4.78, 5) is 18.9. The van der Waals surface area contributed by atoms with Crippen molar-refractivity contribution in [2.75, 3.05) is 26.3 Å². The highest BCUT2D eigenvalue weighted by Crippen LogP contribution is 2.24. The topological polar surface area (TPSA) is 71.1 Å². The Morgan fingerprint density at radius 3 is 2.88 bits per heavy atom. The fourth-order valence-electron chi connectivity index (χ4n) is 2.96. The molecule has 1 amide bonds. The molecule has 3 aromatic rings. The Labute approximate surface area is 139 Å². The summed E-state index contributed by atoms with van der Waals surface area (Å²) >= 11 is 0. The molecule has 0 bridgehead atoms. The molecule has 1 aliphatic heterocycles. The summed E-state index contributed by atoms with van der Waals surface area (Å²) in [7, 11) is 0. The van der Waals surface area contributed by atoms with Crippen molar-refractivity contribution in [2.45, 2.75) is 6.92 Å². The highest BCUT2D eigenvalue weighted by molar-refractivity contribution is 5.96. The third-order valence-electron chi connectivity index (χ3n) is 4.34. The number of ether oxygens (including phenoxy) is 1. The summed E-state index contributed by atoms with van der Waals surface area (Å²) < 4.78 is 5.31. The van der Waals surface area contributed by atoms with E-state index in [-0.39, 0.29) is 5.91 Å². The number of hydrogen-bond donors (Lipinski definition) is 1. The van der Waals surface area contributed by atoms with Gasteiger partial charge in [-0.15, -0.1) is 0 Å². The Morgan fingerprint density at radius 2 is 2.04 bits per heavy atom. The van der Waals surface area contributed by atoms with E-state index in [1.54, 1.807) is 6.20 Å². The Morgan fingerprint density at radius 1 is 1.21 bits per heavy atom. The second-order valence-corrected chi connectivity index (χ2v) is 5.93. The smallest absolute Gasteiger partial charge is 0.254 e. The molecule has 122 valence electrons. The number of aryl methyl sites for hydroxylation is 1. The van der Waals surface area contributed by atoms with Gasteiger partial charge in [0.15, 0.2) is 5.65 Å². The van der Waals surface area contributed by atoms with E-state index in [4.69, 9.17) is 4.74 Å². The summed E-state index contributed by atoms with van der Waals surface area (Å²) in [5, 5.41) is 8.09. The Kier molecular flexibility index (Phi) is 3.74. The third-order valence-corrected chi connectivity index (χ3v) is 4.34. The molecule has 2 aromatic heterocycles. The third kappa shape index (κ3) is 2.65. The molecule has 3 heterocycles. The minimum atomic E-state index is 0.0497. The average molecular weight is 322 g/mol. The molecule has 1 fully saturated rings. The lowest BCUT2D eigenvalue weighted by molar-refractivity contribution is 0.0303. The maximum atomic E-state index is 12.6. The first-order valence-electron chi connectivity index (χ1n) is 8.00. The van der Waals surface area contributed by atoms with E-state index in [1.807, 2.05) is 36.1 Å². The van der Waals surface area contributed by atoms with E-state index in [2.05, 4.69) is 21.2 Å². The van der Waals surface area contributed by atoms with Gasteiger partial charge in [-0.2, -0.15) is 5.10 Å². The fraction of sp³-hybridized carbons (Fsp3) is 0.278. The number of aromatic nitrogens is 3. The van der Waals surface area contributed by atoms with Crippen LogP contribution < -0.4 is 0 Å². The van der Waals surface area contributed by atoms with E-state index in [1.165, 1.54) is 0 Å². The molecule has 0 unspecified atom stereocenters. The predicted molar refractivity (Wildman–Crippen MR) is 90.8 cm³/mol. The number of aromatic amines is 1. The number of rotatable bonds is 2. The van der Waals surface area contributed by atoms with Crippen LogP contribution in [0.5, 0.6) is 0 Å². The van der Waals surface area contributed by atoms with E-state index in [0.717, 1.165) is 22.2 Å². The summed E-state index contributed by atoms with van der Waals surface area (Å²) in [6, 6.07) is 9.75. The molecule has 1 aliphatic rings. The highest BCUT2D eigenvalue weighted by Gasteiger charge is 2.18. The molecule has 4 rings (SSSR count). The molecular weight excluding hydrogens is 304 g/mol. The number of carbonyl (C=O) groups excluding carboxylic acids is 1. The number of fused-ring (bicyclic) bond motifs is 1. The molecule has 24 heavy (non-hydrogen) atoms. The van der Waals surface area contributed by atoms with Gasteiger partial charge in [-0.1, -0.05) is 12.1 Å². The molecule has 0 spiro atoms. The zero-order valence-electron chi connectivity index (χ0n) is 13.5. The van der Waals surface area contributed by atoms with Crippen molar-refractivity contribution in [3.8, 4) is 11.1 Å². The van der Waals surface area contributed by atoms with Crippen LogP contribution in [-0.2, 0) is 4.74 Å². The van der Waals surface area contributed by atoms with Crippen LogP contribution in [0.1, 0.15) is 16.1 Å². The molecule has 6 nitrogen and oxygen atoms in total. The monoisotopic (exact) mass is 322 g/mol. The quantitative estimate of drug-likeness (QED) is 0.786. The minimum Gasteiger partial charge on any atom is -0.378 e. The zero-order chi connectivity index (χ0) is 16.5. The van der Waals surface area contributed by atoms with Gasteiger partial charge in [0.05, 0.1) is 13.2 Å². The summed E-state index contributed by atoms with van der Waals surface area (Å²) in [6.45, 7) is 4.46. The number of nitrogens with one attached hydrogen (secondary N) is 1. The number of benzene rings is 1. The number of H-pyrrole nitrogens is 1. The van der Waals surface area contributed by atoms with Gasteiger partial charge >= 0.3 is 0 Å². The Bertz CT molecular complexity index is 897. The molecule has 0 aliphatic carbocycles. The van der Waals surface area contributed by atoms with Crippen molar-refractivity contribution in [1.29, 1.82) is 0 Å². The van der Waals surface area contributed by atoms with Gasteiger partial charge in [0, 0.05) is 41.5 Å². The molecule has 1 aromatic carbocycles. The number of hydrogen-bond acceptors (Lipinski definition) is 4. The molecular formula is C18H18N4O2. The van der Waals surface area contributed by atoms with Crippen LogP contribution in [-0.4, -0.2) is 52.3 Å². The van der Waals surface area contributed by atoms with E-state index < -0.39 is 0 Å². The van der Waals surface area contributed by atoms with Crippen LogP contribution in [0.3, 0.4) is 0 Å². The number of pyridine rings is 1. The Balaban J connectivity index is 1.68. The van der Waals surface area contributed by atoms with Gasteiger partial charge in [0.1, 0.15) is 0 Å². The van der Waals surface area contributed by atoms with Crippen LogP contribution in [0.25, 0.3) is 22.2 Å². The zero-order valence-corrected chi connectivity index (χ0v) is 13.5. The number of nitrogens with zero attached hydrogens (tertiary/aromatic N) is 3. The molecule has 1 saturated heterocycles. The van der Waals surface area contributed by atoms with Crippen molar-refractivity contribution in [2.24, 2.45) is 0 Å². The number of morpholine rings is 1. The lowest BCUT2D eigenvalue weighted by Gasteiger charge is -2.27. The van der Waals surface area contributed by atoms with Crippen molar-refractivity contribution in [3.05, 3.63) is 47.8 Å². The van der Waals surface area contributed by atoms with Gasteiger partial charge < -0.3 is 9.64 Å². The maximum absolute atomic E-state index is 12.6. The largest absolute Gasteiger partial charge is 0.378 e. The van der Waals surface area contributed by atoms with Gasteiger partial charge in [-0.05, 0) is 30.7 Å². The lowest BCUT2D eigenvalue weighted by Crippen LogP contribution is -2.40. The second-order valence-electron chi connectivity index (χ2n) is 5.93. The molecule has 0 saturated carbocycles. The van der Waals surface area contributed by atoms with Gasteiger partial charge in [0.2, 0.25) is 0 Å². The molecule has 0 radical (unpaired) electrons. The first-order valence-corrected chi connectivity index (χ1v) is 8.00. The summed E-state index contributed by atoms with van der Waals surface area (Å²) in [5.41, 5.74) is 4.34. The predicted octanol–water partition coefficient (Wildman–Crippen LogP) is 2.41.